The fourth-order valence-electron chi connectivity index (χ4n) is 1.61. The third-order valence-electron chi connectivity index (χ3n) is 2.60. The van der Waals surface area contributed by atoms with E-state index in [-0.39, 0.29) is 5.91 Å². The van der Waals surface area contributed by atoms with Crippen LogP contribution in [0.25, 0.3) is 0 Å². The zero-order chi connectivity index (χ0) is 13.1. The molecule has 3 nitrogen and oxygen atoms in total. The molecule has 0 saturated heterocycles. The Morgan fingerprint density at radius 3 is 2.78 bits per heavy atom. The fraction of sp³-hybridized carbons (Fsp3) is 0.214. The zero-order valence-corrected chi connectivity index (χ0v) is 11.9. The molecule has 0 bridgehead atoms. The summed E-state index contributed by atoms with van der Waals surface area (Å²) in [6, 6.07) is 9.30. The van der Waals surface area contributed by atoms with Gasteiger partial charge in [-0.2, -0.15) is 0 Å². The molecule has 2 rings (SSSR count). The summed E-state index contributed by atoms with van der Waals surface area (Å²) in [7, 11) is 0. The molecule has 0 aliphatic heterocycles. The number of amides is 1. The van der Waals surface area contributed by atoms with Crippen LogP contribution in [0.5, 0.6) is 0 Å². The van der Waals surface area contributed by atoms with Gasteiger partial charge in [-0.05, 0) is 52.7 Å². The highest BCUT2D eigenvalue weighted by atomic mass is 79.9. The SMILES string of the molecule is CCc1ccc(C(=O)Nc2cc(C)ccc2Br)o1. The van der Waals surface area contributed by atoms with E-state index in [1.165, 1.54) is 0 Å². The van der Waals surface area contributed by atoms with Gasteiger partial charge < -0.3 is 9.73 Å². The maximum atomic E-state index is 12.0. The second kappa shape index (κ2) is 5.40. The number of rotatable bonds is 3. The van der Waals surface area contributed by atoms with Gasteiger partial charge in [-0.25, -0.2) is 0 Å². The van der Waals surface area contributed by atoms with Gasteiger partial charge >= 0.3 is 0 Å². The van der Waals surface area contributed by atoms with Gasteiger partial charge in [0, 0.05) is 10.9 Å². The second-order valence-corrected chi connectivity index (χ2v) is 4.91. The quantitative estimate of drug-likeness (QED) is 0.925. The average Bonchev–Trinajstić information content (AvgIpc) is 2.82. The first-order valence-electron chi connectivity index (χ1n) is 5.76. The van der Waals surface area contributed by atoms with Crippen LogP contribution in [0.2, 0.25) is 0 Å². The summed E-state index contributed by atoms with van der Waals surface area (Å²) < 4.78 is 6.26. The maximum absolute atomic E-state index is 12.0. The standard InChI is InChI=1S/C14H14BrNO2/c1-3-10-5-7-13(18-10)14(17)16-12-8-9(2)4-6-11(12)15/h4-8H,3H2,1-2H3,(H,16,17). The van der Waals surface area contributed by atoms with Gasteiger partial charge in [0.05, 0.1) is 5.69 Å². The van der Waals surface area contributed by atoms with Crippen LogP contribution in [0.1, 0.15) is 28.8 Å². The second-order valence-electron chi connectivity index (χ2n) is 4.06. The predicted molar refractivity (Wildman–Crippen MR) is 74.9 cm³/mol. The molecule has 2 aromatic rings. The molecular formula is C14H14BrNO2. The zero-order valence-electron chi connectivity index (χ0n) is 10.3. The number of aryl methyl sites for hydroxylation is 2. The molecule has 0 spiro atoms. The first-order chi connectivity index (χ1) is 8.60. The Balaban J connectivity index is 2.18. The Hall–Kier alpha value is -1.55. The molecule has 0 atom stereocenters. The van der Waals surface area contributed by atoms with E-state index < -0.39 is 0 Å². The van der Waals surface area contributed by atoms with E-state index in [4.69, 9.17) is 4.42 Å². The molecule has 0 fully saturated rings. The van der Waals surface area contributed by atoms with Crippen molar-refractivity contribution in [2.75, 3.05) is 5.32 Å². The molecule has 18 heavy (non-hydrogen) atoms. The van der Waals surface area contributed by atoms with E-state index in [0.29, 0.717) is 5.76 Å². The lowest BCUT2D eigenvalue weighted by Gasteiger charge is -2.06. The minimum absolute atomic E-state index is 0.235. The topological polar surface area (TPSA) is 42.2 Å². The number of hydrogen-bond acceptors (Lipinski definition) is 2. The Labute approximate surface area is 114 Å². The number of halogens is 1. The molecule has 1 amide bonds. The molecule has 1 heterocycles. The number of benzene rings is 1. The van der Waals surface area contributed by atoms with Crippen LogP contribution >= 0.6 is 15.9 Å². The molecule has 1 aromatic carbocycles. The Morgan fingerprint density at radius 1 is 1.33 bits per heavy atom. The van der Waals surface area contributed by atoms with Crippen molar-refractivity contribution >= 4 is 27.5 Å². The number of anilines is 1. The molecule has 4 heteroatoms. The normalized spacial score (nSPS) is 10.4. The van der Waals surface area contributed by atoms with Gasteiger partial charge in [0.2, 0.25) is 0 Å². The third-order valence-corrected chi connectivity index (χ3v) is 3.30. The van der Waals surface area contributed by atoms with Crippen molar-refractivity contribution in [1.82, 2.24) is 0 Å². The van der Waals surface area contributed by atoms with Crippen molar-refractivity contribution in [3.63, 3.8) is 0 Å². The smallest absolute Gasteiger partial charge is 0.291 e. The number of carbonyl (C=O) groups is 1. The van der Waals surface area contributed by atoms with Crippen LogP contribution in [0.3, 0.4) is 0 Å². The first-order valence-corrected chi connectivity index (χ1v) is 6.55. The predicted octanol–water partition coefficient (Wildman–Crippen LogP) is 4.17. The molecule has 1 N–H and O–H groups in total. The van der Waals surface area contributed by atoms with Crippen molar-refractivity contribution in [2.24, 2.45) is 0 Å². The van der Waals surface area contributed by atoms with Crippen molar-refractivity contribution in [3.8, 4) is 0 Å². The van der Waals surface area contributed by atoms with Gasteiger partial charge in [-0.15, -0.1) is 0 Å². The van der Waals surface area contributed by atoms with E-state index in [0.717, 1.165) is 27.9 Å². The number of hydrogen-bond donors (Lipinski definition) is 1. The van der Waals surface area contributed by atoms with Crippen LogP contribution in [-0.2, 0) is 6.42 Å². The summed E-state index contributed by atoms with van der Waals surface area (Å²) in [4.78, 5) is 12.0. The maximum Gasteiger partial charge on any atom is 0.291 e. The van der Waals surface area contributed by atoms with Crippen molar-refractivity contribution in [1.29, 1.82) is 0 Å². The third kappa shape index (κ3) is 2.82. The van der Waals surface area contributed by atoms with E-state index in [1.807, 2.05) is 38.1 Å². The average molecular weight is 308 g/mol. The number of furan rings is 1. The van der Waals surface area contributed by atoms with Crippen molar-refractivity contribution in [3.05, 3.63) is 51.9 Å². The molecule has 0 unspecified atom stereocenters. The lowest BCUT2D eigenvalue weighted by Crippen LogP contribution is -2.11. The van der Waals surface area contributed by atoms with E-state index in [2.05, 4.69) is 21.2 Å². The van der Waals surface area contributed by atoms with E-state index in [9.17, 15) is 4.79 Å². The minimum Gasteiger partial charge on any atom is -0.456 e. The molecule has 0 saturated carbocycles. The van der Waals surface area contributed by atoms with E-state index in [1.54, 1.807) is 6.07 Å². The summed E-state index contributed by atoms with van der Waals surface area (Å²) >= 11 is 3.41. The van der Waals surface area contributed by atoms with Crippen LogP contribution in [0.4, 0.5) is 5.69 Å². The van der Waals surface area contributed by atoms with Crippen LogP contribution in [0, 0.1) is 6.92 Å². The monoisotopic (exact) mass is 307 g/mol. The summed E-state index contributed by atoms with van der Waals surface area (Å²) in [6.07, 6.45) is 0.779. The highest BCUT2D eigenvalue weighted by Gasteiger charge is 2.12. The largest absolute Gasteiger partial charge is 0.456 e. The van der Waals surface area contributed by atoms with Gasteiger partial charge in [-0.1, -0.05) is 13.0 Å². The molecule has 1 aromatic heterocycles. The summed E-state index contributed by atoms with van der Waals surface area (Å²) in [5.74, 6) is 0.907. The highest BCUT2D eigenvalue weighted by Crippen LogP contribution is 2.24. The van der Waals surface area contributed by atoms with Crippen molar-refractivity contribution in [2.45, 2.75) is 20.3 Å². The summed E-state index contributed by atoms with van der Waals surface area (Å²) in [5, 5.41) is 2.83. The van der Waals surface area contributed by atoms with Crippen LogP contribution in [-0.4, -0.2) is 5.91 Å². The lowest BCUT2D eigenvalue weighted by molar-refractivity contribution is 0.0995. The van der Waals surface area contributed by atoms with Crippen molar-refractivity contribution < 1.29 is 9.21 Å². The summed E-state index contributed by atoms with van der Waals surface area (Å²) in [6.45, 7) is 3.96. The number of nitrogens with one attached hydrogen (secondary N) is 1. The Bertz CT molecular complexity index is 575. The van der Waals surface area contributed by atoms with E-state index >= 15 is 0 Å². The molecule has 94 valence electrons. The lowest BCUT2D eigenvalue weighted by atomic mass is 10.2. The first kappa shape index (κ1) is 12.9. The summed E-state index contributed by atoms with van der Waals surface area (Å²) in [5.41, 5.74) is 1.83. The fourth-order valence-corrected chi connectivity index (χ4v) is 1.95. The van der Waals surface area contributed by atoms with Crippen LogP contribution in [0.15, 0.2) is 39.2 Å². The van der Waals surface area contributed by atoms with Gasteiger partial charge in [0.25, 0.3) is 5.91 Å². The van der Waals surface area contributed by atoms with Gasteiger partial charge in [0.1, 0.15) is 5.76 Å². The highest BCUT2D eigenvalue weighted by molar-refractivity contribution is 9.10. The Kier molecular flexibility index (Phi) is 3.87. The molecule has 0 aliphatic rings. The molecule has 0 radical (unpaired) electrons. The Morgan fingerprint density at radius 2 is 2.11 bits per heavy atom. The number of carbonyl (C=O) groups excluding carboxylic acids is 1. The van der Waals surface area contributed by atoms with Gasteiger partial charge in [0.15, 0.2) is 5.76 Å². The van der Waals surface area contributed by atoms with Gasteiger partial charge in [-0.3, -0.25) is 4.79 Å². The van der Waals surface area contributed by atoms with Crippen LogP contribution < -0.4 is 5.32 Å². The minimum atomic E-state index is -0.235. The molecule has 0 aliphatic carbocycles. The molecular weight excluding hydrogens is 294 g/mol.